The standard InChI is InChI=1S/C29H30N4O3.ClH/c1-36-27-13-7-4-10-21(27)17-32-28(34)26(15-22-18-30-24-12-6-5-11-23(22)24)33-29(35)25-14-19-8-2-3-9-20(19)16-31-25;/h2-13,18,25-26,30-31H,14-17H2,1H3,(H,32,34)(H,33,35);1H. The fourth-order valence-corrected chi connectivity index (χ4v) is 4.80. The van der Waals surface area contributed by atoms with Gasteiger partial charge in [-0.3, -0.25) is 9.59 Å². The van der Waals surface area contributed by atoms with E-state index in [9.17, 15) is 9.59 Å². The summed E-state index contributed by atoms with van der Waals surface area (Å²) in [6.45, 7) is 0.930. The van der Waals surface area contributed by atoms with Crippen LogP contribution < -0.4 is 20.7 Å². The van der Waals surface area contributed by atoms with Crippen LogP contribution in [0.25, 0.3) is 10.9 Å². The number of amides is 2. The average molecular weight is 519 g/mol. The maximum atomic E-state index is 13.4. The Balaban J connectivity index is 0.00000320. The third-order valence-electron chi connectivity index (χ3n) is 6.78. The zero-order valence-corrected chi connectivity index (χ0v) is 21.4. The summed E-state index contributed by atoms with van der Waals surface area (Å²) in [6, 6.07) is 22.5. The molecule has 4 N–H and O–H groups in total. The third-order valence-corrected chi connectivity index (χ3v) is 6.78. The van der Waals surface area contributed by atoms with Crippen LogP contribution in [0.4, 0.5) is 0 Å². The average Bonchev–Trinajstić information content (AvgIpc) is 3.33. The molecule has 2 amide bonds. The second-order valence-corrected chi connectivity index (χ2v) is 9.06. The lowest BCUT2D eigenvalue weighted by atomic mass is 9.95. The highest BCUT2D eigenvalue weighted by Crippen LogP contribution is 2.21. The summed E-state index contributed by atoms with van der Waals surface area (Å²) in [4.78, 5) is 30.0. The summed E-state index contributed by atoms with van der Waals surface area (Å²) in [7, 11) is 1.61. The number of halogens is 1. The molecule has 7 nitrogen and oxygen atoms in total. The van der Waals surface area contributed by atoms with E-state index in [4.69, 9.17) is 4.74 Å². The number of ether oxygens (including phenoxy) is 1. The second kappa shape index (κ2) is 12.0. The van der Waals surface area contributed by atoms with Gasteiger partial charge in [0.1, 0.15) is 11.8 Å². The number of hydrogen-bond donors (Lipinski definition) is 4. The van der Waals surface area contributed by atoms with Crippen LogP contribution in [0.3, 0.4) is 0 Å². The van der Waals surface area contributed by atoms with Gasteiger partial charge in [0.2, 0.25) is 11.8 Å². The van der Waals surface area contributed by atoms with Crippen molar-refractivity contribution in [1.82, 2.24) is 20.9 Å². The molecule has 0 saturated carbocycles. The highest BCUT2D eigenvalue weighted by Gasteiger charge is 2.29. The lowest BCUT2D eigenvalue weighted by Crippen LogP contribution is -2.54. The Bertz CT molecular complexity index is 1390. The molecule has 2 heterocycles. The third kappa shape index (κ3) is 5.96. The van der Waals surface area contributed by atoms with Crippen LogP contribution in [0.1, 0.15) is 22.3 Å². The number of aromatic amines is 1. The van der Waals surface area contributed by atoms with Crippen molar-refractivity contribution < 1.29 is 14.3 Å². The van der Waals surface area contributed by atoms with Gasteiger partial charge >= 0.3 is 0 Å². The summed E-state index contributed by atoms with van der Waals surface area (Å²) in [5.41, 5.74) is 5.20. The first-order valence-electron chi connectivity index (χ1n) is 12.2. The number of nitrogens with one attached hydrogen (secondary N) is 4. The van der Waals surface area contributed by atoms with Crippen LogP contribution in [-0.2, 0) is 35.5 Å². The zero-order valence-electron chi connectivity index (χ0n) is 20.6. The van der Waals surface area contributed by atoms with Crippen molar-refractivity contribution in [3.05, 3.63) is 101 Å². The van der Waals surface area contributed by atoms with Crippen LogP contribution in [0.2, 0.25) is 0 Å². The molecule has 0 radical (unpaired) electrons. The number of carbonyl (C=O) groups is 2. The molecule has 1 aliphatic heterocycles. The Morgan fingerprint density at radius 3 is 2.54 bits per heavy atom. The molecule has 2 atom stereocenters. The predicted molar refractivity (Wildman–Crippen MR) is 147 cm³/mol. The van der Waals surface area contributed by atoms with E-state index in [-0.39, 0.29) is 24.2 Å². The van der Waals surface area contributed by atoms with Crippen molar-refractivity contribution in [3.63, 3.8) is 0 Å². The van der Waals surface area contributed by atoms with Gasteiger partial charge in [-0.05, 0) is 35.2 Å². The number of carbonyl (C=O) groups excluding carboxylic acids is 2. The Labute approximate surface area is 222 Å². The summed E-state index contributed by atoms with van der Waals surface area (Å²) in [6.07, 6.45) is 2.87. The zero-order chi connectivity index (χ0) is 24.9. The Morgan fingerprint density at radius 2 is 1.70 bits per heavy atom. The van der Waals surface area contributed by atoms with Crippen LogP contribution in [0.5, 0.6) is 5.75 Å². The topological polar surface area (TPSA) is 95.2 Å². The van der Waals surface area contributed by atoms with Crippen LogP contribution in [0.15, 0.2) is 79.0 Å². The van der Waals surface area contributed by atoms with Gasteiger partial charge in [-0.2, -0.15) is 0 Å². The number of benzene rings is 3. The second-order valence-electron chi connectivity index (χ2n) is 9.06. The monoisotopic (exact) mass is 518 g/mol. The summed E-state index contributed by atoms with van der Waals surface area (Å²) < 4.78 is 5.41. The van der Waals surface area contributed by atoms with Crippen molar-refractivity contribution >= 4 is 35.1 Å². The highest BCUT2D eigenvalue weighted by atomic mass is 35.5. The highest BCUT2D eigenvalue weighted by molar-refractivity contribution is 5.91. The summed E-state index contributed by atoms with van der Waals surface area (Å²) >= 11 is 0. The van der Waals surface area contributed by atoms with Gasteiger partial charge < -0.3 is 25.7 Å². The SMILES string of the molecule is COc1ccccc1CNC(=O)C(Cc1c[nH]c2ccccc12)NC(=O)C1Cc2ccccc2CN1.Cl. The number of aromatic nitrogens is 1. The minimum absolute atomic E-state index is 0. The molecule has 1 aromatic heterocycles. The van der Waals surface area contributed by atoms with Crippen molar-refractivity contribution in [3.8, 4) is 5.75 Å². The number of rotatable bonds is 8. The van der Waals surface area contributed by atoms with Gasteiger partial charge in [0.05, 0.1) is 13.2 Å². The van der Waals surface area contributed by atoms with Gasteiger partial charge in [0, 0.05) is 42.2 Å². The molecule has 3 aromatic carbocycles. The lowest BCUT2D eigenvalue weighted by molar-refractivity contribution is -0.130. The van der Waals surface area contributed by atoms with Gasteiger partial charge in [-0.1, -0.05) is 60.7 Å². The predicted octanol–water partition coefficient (Wildman–Crippen LogP) is 3.66. The first kappa shape index (κ1) is 26.3. The van der Waals surface area contributed by atoms with E-state index >= 15 is 0 Å². The van der Waals surface area contributed by atoms with E-state index in [0.717, 1.165) is 27.6 Å². The number of methoxy groups -OCH3 is 1. The van der Waals surface area contributed by atoms with Crippen molar-refractivity contribution in [1.29, 1.82) is 0 Å². The summed E-state index contributed by atoms with van der Waals surface area (Å²) in [5.74, 6) is 0.289. The molecule has 2 unspecified atom stereocenters. The number of para-hydroxylation sites is 2. The van der Waals surface area contributed by atoms with E-state index in [2.05, 4.69) is 33.1 Å². The molecule has 0 bridgehead atoms. The van der Waals surface area contributed by atoms with Crippen LogP contribution in [0, 0.1) is 0 Å². The molecule has 1 aliphatic rings. The molecule has 192 valence electrons. The van der Waals surface area contributed by atoms with E-state index in [1.54, 1.807) is 7.11 Å². The van der Waals surface area contributed by atoms with Crippen molar-refractivity contribution in [2.24, 2.45) is 0 Å². The van der Waals surface area contributed by atoms with Crippen LogP contribution in [-0.4, -0.2) is 36.0 Å². The molecule has 8 heteroatoms. The quantitative estimate of drug-likeness (QED) is 0.286. The van der Waals surface area contributed by atoms with Crippen molar-refractivity contribution in [2.45, 2.75) is 38.0 Å². The molecule has 0 aliphatic carbocycles. The largest absolute Gasteiger partial charge is 0.496 e. The fourth-order valence-electron chi connectivity index (χ4n) is 4.80. The number of fused-ring (bicyclic) bond motifs is 2. The molecule has 5 rings (SSSR count). The van der Waals surface area contributed by atoms with E-state index in [1.165, 1.54) is 5.56 Å². The fraction of sp³-hybridized carbons (Fsp3) is 0.241. The minimum atomic E-state index is -0.731. The van der Waals surface area contributed by atoms with Gasteiger partial charge in [-0.15, -0.1) is 12.4 Å². The van der Waals surface area contributed by atoms with E-state index < -0.39 is 12.1 Å². The van der Waals surface area contributed by atoms with Crippen LogP contribution >= 0.6 is 12.4 Å². The lowest BCUT2D eigenvalue weighted by Gasteiger charge is -2.27. The first-order valence-corrected chi connectivity index (χ1v) is 12.2. The minimum Gasteiger partial charge on any atom is -0.496 e. The Morgan fingerprint density at radius 1 is 0.973 bits per heavy atom. The van der Waals surface area contributed by atoms with Gasteiger partial charge in [0.25, 0.3) is 0 Å². The first-order chi connectivity index (χ1) is 17.6. The number of H-pyrrole nitrogens is 1. The molecule has 0 fully saturated rings. The molecule has 4 aromatic rings. The number of hydrogen-bond acceptors (Lipinski definition) is 4. The molecule has 37 heavy (non-hydrogen) atoms. The van der Waals surface area contributed by atoms with Gasteiger partial charge in [0.15, 0.2) is 0 Å². The van der Waals surface area contributed by atoms with E-state index in [0.29, 0.717) is 31.7 Å². The van der Waals surface area contributed by atoms with Gasteiger partial charge in [-0.25, -0.2) is 0 Å². The van der Waals surface area contributed by atoms with Crippen molar-refractivity contribution in [2.75, 3.05) is 7.11 Å². The molecule has 0 saturated heterocycles. The molecule has 0 spiro atoms. The molecular formula is C29H31ClN4O3. The normalized spacial score (nSPS) is 15.2. The smallest absolute Gasteiger partial charge is 0.243 e. The Kier molecular flexibility index (Phi) is 8.48. The molecular weight excluding hydrogens is 488 g/mol. The maximum Gasteiger partial charge on any atom is 0.243 e. The maximum absolute atomic E-state index is 13.4. The van der Waals surface area contributed by atoms with E-state index in [1.807, 2.05) is 66.9 Å². The summed E-state index contributed by atoms with van der Waals surface area (Å²) in [5, 5.41) is 10.4. The Hall–Kier alpha value is -3.81.